The second-order valence-electron chi connectivity index (χ2n) is 7.65. The van der Waals surface area contributed by atoms with Gasteiger partial charge in [-0.15, -0.1) is 0 Å². The summed E-state index contributed by atoms with van der Waals surface area (Å²) in [5.41, 5.74) is 5.38. The summed E-state index contributed by atoms with van der Waals surface area (Å²) in [6, 6.07) is 0. The van der Waals surface area contributed by atoms with E-state index >= 15 is 0 Å². The summed E-state index contributed by atoms with van der Waals surface area (Å²) in [6.45, 7) is 11.4. The van der Waals surface area contributed by atoms with E-state index in [2.05, 4.69) is 0 Å². The smallest absolute Gasteiger partial charge is 0.331 e. The standard InChI is InChI=1S/C30H36O3/c1-24(15-9-17-26(3)19-11-21-28(5)23-31)13-7-8-14-25(2)16-10-18-27(4)20-12-22-29(6)30(32)33/h7-23H,1-6H3,(H,32,33)/b8-7+,15-9+,16-10+,19-11+,20-12+,24-13+,25-14+,26-17+,27-18+,28-21+,29-22+. The number of carbonyl (C=O) groups is 2. The van der Waals surface area contributed by atoms with Gasteiger partial charge in [-0.3, -0.25) is 4.79 Å². The van der Waals surface area contributed by atoms with Gasteiger partial charge in [-0.05, 0) is 47.1 Å². The molecule has 3 heteroatoms. The van der Waals surface area contributed by atoms with Gasteiger partial charge in [0.05, 0.1) is 0 Å². The molecule has 0 amide bonds. The number of hydrogen-bond acceptors (Lipinski definition) is 2. The van der Waals surface area contributed by atoms with Crippen LogP contribution < -0.4 is 0 Å². The highest BCUT2D eigenvalue weighted by atomic mass is 16.4. The number of hydrogen-bond donors (Lipinski definition) is 1. The maximum absolute atomic E-state index is 10.7. The molecule has 0 saturated carbocycles. The van der Waals surface area contributed by atoms with Crippen LogP contribution >= 0.6 is 0 Å². The molecule has 0 rings (SSSR count). The van der Waals surface area contributed by atoms with Crippen LogP contribution in [0.3, 0.4) is 0 Å². The Morgan fingerprint density at radius 2 is 0.788 bits per heavy atom. The Balaban J connectivity index is 4.75. The molecule has 0 saturated heterocycles. The predicted octanol–water partition coefficient (Wildman–Crippen LogP) is 7.73. The zero-order valence-electron chi connectivity index (χ0n) is 20.6. The molecule has 0 unspecified atom stereocenters. The number of allylic oxidation sites excluding steroid dienone is 21. The minimum absolute atomic E-state index is 0.304. The molecule has 0 heterocycles. The van der Waals surface area contributed by atoms with Crippen molar-refractivity contribution in [2.75, 3.05) is 0 Å². The SMILES string of the molecule is C\C(C=O)=C/C=C/C(C)=C/C=C/C(C)=C/C=C/C=C(C)/C=C/C=C(C)/C=C/C=C(\C)C(=O)O. The normalized spacial score (nSPS) is 15.8. The number of carbonyl (C=O) groups excluding carboxylic acids is 1. The van der Waals surface area contributed by atoms with E-state index < -0.39 is 5.97 Å². The average molecular weight is 445 g/mol. The number of carboxylic acids is 1. The first-order valence-corrected chi connectivity index (χ1v) is 10.8. The molecule has 0 aromatic carbocycles. The van der Waals surface area contributed by atoms with E-state index in [0.29, 0.717) is 11.1 Å². The lowest BCUT2D eigenvalue weighted by atomic mass is 10.2. The van der Waals surface area contributed by atoms with Crippen LogP contribution in [0.4, 0.5) is 0 Å². The van der Waals surface area contributed by atoms with Crippen molar-refractivity contribution in [1.29, 1.82) is 0 Å². The molecule has 174 valence electrons. The first-order valence-electron chi connectivity index (χ1n) is 10.8. The number of aldehydes is 1. The Bertz CT molecular complexity index is 995. The highest BCUT2D eigenvalue weighted by Gasteiger charge is 1.95. The van der Waals surface area contributed by atoms with Crippen molar-refractivity contribution in [2.45, 2.75) is 41.5 Å². The van der Waals surface area contributed by atoms with Crippen LogP contribution in [0.15, 0.2) is 131 Å². The second-order valence-corrected chi connectivity index (χ2v) is 7.65. The fraction of sp³-hybridized carbons (Fsp3) is 0.200. The van der Waals surface area contributed by atoms with Crippen LogP contribution in [-0.2, 0) is 9.59 Å². The molecule has 0 aliphatic heterocycles. The first-order chi connectivity index (χ1) is 15.6. The van der Waals surface area contributed by atoms with Crippen molar-refractivity contribution < 1.29 is 14.7 Å². The summed E-state index contributed by atoms with van der Waals surface area (Å²) < 4.78 is 0. The van der Waals surface area contributed by atoms with E-state index in [4.69, 9.17) is 5.11 Å². The molecule has 3 nitrogen and oxygen atoms in total. The zero-order valence-corrected chi connectivity index (χ0v) is 20.6. The van der Waals surface area contributed by atoms with Gasteiger partial charge in [0.15, 0.2) is 0 Å². The van der Waals surface area contributed by atoms with Gasteiger partial charge in [0.1, 0.15) is 6.29 Å². The van der Waals surface area contributed by atoms with Crippen molar-refractivity contribution in [3.8, 4) is 0 Å². The van der Waals surface area contributed by atoms with E-state index in [-0.39, 0.29) is 0 Å². The summed E-state index contributed by atoms with van der Waals surface area (Å²) in [4.78, 5) is 21.3. The van der Waals surface area contributed by atoms with E-state index in [1.54, 1.807) is 32.1 Å². The molecular weight excluding hydrogens is 408 g/mol. The molecule has 0 atom stereocenters. The molecule has 0 bridgehead atoms. The lowest BCUT2D eigenvalue weighted by Gasteiger charge is -1.91. The fourth-order valence-corrected chi connectivity index (χ4v) is 2.15. The van der Waals surface area contributed by atoms with Gasteiger partial charge >= 0.3 is 5.97 Å². The predicted molar refractivity (Wildman–Crippen MR) is 142 cm³/mol. The van der Waals surface area contributed by atoms with Gasteiger partial charge in [-0.1, -0.05) is 120 Å². The van der Waals surface area contributed by atoms with Crippen molar-refractivity contribution >= 4 is 12.3 Å². The Morgan fingerprint density at radius 3 is 1.12 bits per heavy atom. The Labute approximate surface area is 199 Å². The lowest BCUT2D eigenvalue weighted by molar-refractivity contribution is -0.132. The van der Waals surface area contributed by atoms with Gasteiger partial charge < -0.3 is 5.11 Å². The van der Waals surface area contributed by atoms with Gasteiger partial charge in [0.25, 0.3) is 0 Å². The molecule has 0 radical (unpaired) electrons. The summed E-state index contributed by atoms with van der Waals surface area (Å²) >= 11 is 0. The minimum atomic E-state index is -0.910. The van der Waals surface area contributed by atoms with Crippen LogP contribution in [0.5, 0.6) is 0 Å². The number of carboxylic acid groups (broad SMARTS) is 1. The summed E-state index contributed by atoms with van der Waals surface area (Å²) in [5, 5.41) is 8.81. The molecule has 0 aliphatic rings. The van der Waals surface area contributed by atoms with Crippen LogP contribution in [0.2, 0.25) is 0 Å². The van der Waals surface area contributed by atoms with Crippen molar-refractivity contribution in [3.63, 3.8) is 0 Å². The van der Waals surface area contributed by atoms with Crippen LogP contribution in [0.1, 0.15) is 41.5 Å². The maximum Gasteiger partial charge on any atom is 0.331 e. The van der Waals surface area contributed by atoms with Crippen molar-refractivity contribution in [1.82, 2.24) is 0 Å². The minimum Gasteiger partial charge on any atom is -0.478 e. The maximum atomic E-state index is 10.7. The van der Waals surface area contributed by atoms with Crippen molar-refractivity contribution in [3.05, 3.63) is 131 Å². The zero-order chi connectivity index (χ0) is 25.1. The monoisotopic (exact) mass is 444 g/mol. The fourth-order valence-electron chi connectivity index (χ4n) is 2.15. The quantitative estimate of drug-likeness (QED) is 0.190. The van der Waals surface area contributed by atoms with Crippen LogP contribution in [0.25, 0.3) is 0 Å². The Kier molecular flexibility index (Phi) is 15.9. The third kappa shape index (κ3) is 17.6. The molecular formula is C30H36O3. The third-order valence-corrected chi connectivity index (χ3v) is 4.21. The molecule has 0 aliphatic carbocycles. The van der Waals surface area contributed by atoms with E-state index in [0.717, 1.165) is 28.6 Å². The number of aliphatic carboxylic acids is 1. The van der Waals surface area contributed by atoms with E-state index in [1.165, 1.54) is 0 Å². The molecule has 1 N–H and O–H groups in total. The largest absolute Gasteiger partial charge is 0.478 e. The molecule has 33 heavy (non-hydrogen) atoms. The van der Waals surface area contributed by atoms with Gasteiger partial charge in [-0.2, -0.15) is 0 Å². The van der Waals surface area contributed by atoms with E-state index in [1.807, 2.05) is 107 Å². The second kappa shape index (κ2) is 17.9. The highest BCUT2D eigenvalue weighted by Crippen LogP contribution is 2.03. The summed E-state index contributed by atoms with van der Waals surface area (Å²) in [7, 11) is 0. The van der Waals surface area contributed by atoms with Crippen LogP contribution in [0, 0.1) is 0 Å². The van der Waals surface area contributed by atoms with Crippen molar-refractivity contribution in [2.24, 2.45) is 0 Å². The van der Waals surface area contributed by atoms with Gasteiger partial charge in [-0.25, -0.2) is 4.79 Å². The highest BCUT2D eigenvalue weighted by molar-refractivity contribution is 5.86. The van der Waals surface area contributed by atoms with Gasteiger partial charge in [0, 0.05) is 5.57 Å². The molecule has 0 aromatic rings. The Morgan fingerprint density at radius 1 is 0.485 bits per heavy atom. The average Bonchev–Trinajstić information content (AvgIpc) is 2.76. The lowest BCUT2D eigenvalue weighted by Crippen LogP contribution is -1.94. The summed E-state index contributed by atoms with van der Waals surface area (Å²) in [5.74, 6) is -0.910. The first kappa shape index (κ1) is 29.3. The topological polar surface area (TPSA) is 54.4 Å². The molecule has 0 spiro atoms. The number of rotatable bonds is 12. The van der Waals surface area contributed by atoms with E-state index in [9.17, 15) is 9.59 Å². The Hall–Kier alpha value is -3.72. The summed E-state index contributed by atoms with van der Waals surface area (Å²) in [6.07, 6.45) is 31.7. The molecule has 0 fully saturated rings. The third-order valence-electron chi connectivity index (χ3n) is 4.21. The van der Waals surface area contributed by atoms with Gasteiger partial charge in [0.2, 0.25) is 0 Å². The molecule has 0 aromatic heterocycles. The van der Waals surface area contributed by atoms with Crippen LogP contribution in [-0.4, -0.2) is 17.4 Å².